The summed E-state index contributed by atoms with van der Waals surface area (Å²) in [4.78, 5) is 15.3. The van der Waals surface area contributed by atoms with Crippen LogP contribution in [0.2, 0.25) is 0 Å². The molecule has 0 saturated heterocycles. The van der Waals surface area contributed by atoms with E-state index in [9.17, 15) is 0 Å². The van der Waals surface area contributed by atoms with E-state index in [1.807, 2.05) is 72.0 Å². The van der Waals surface area contributed by atoms with Crippen molar-refractivity contribution in [3.8, 4) is 56.4 Å². The van der Waals surface area contributed by atoms with E-state index in [4.69, 9.17) is 19.4 Å². The summed E-state index contributed by atoms with van der Waals surface area (Å²) in [5.74, 6) is 1.82. The van der Waals surface area contributed by atoms with Crippen molar-refractivity contribution in [3.05, 3.63) is 176 Å². The van der Waals surface area contributed by atoms with Gasteiger partial charge in [-0.25, -0.2) is 15.0 Å². The highest BCUT2D eigenvalue weighted by atomic mass is 32.1. The van der Waals surface area contributed by atoms with Gasteiger partial charge in [-0.1, -0.05) is 146 Å². The van der Waals surface area contributed by atoms with Gasteiger partial charge in [0.15, 0.2) is 17.5 Å². The number of nitrogens with zero attached hydrogens (tertiary/aromatic N) is 3. The second kappa shape index (κ2) is 12.3. The molecular weight excluding hydrogens is 679 g/mol. The van der Waals surface area contributed by atoms with Crippen LogP contribution in [0.25, 0.3) is 109 Å². The summed E-state index contributed by atoms with van der Waals surface area (Å²) in [6.07, 6.45) is 0. The first-order valence-corrected chi connectivity index (χ1v) is 18.8. The van der Waals surface area contributed by atoms with E-state index in [2.05, 4.69) is 115 Å². The van der Waals surface area contributed by atoms with Crippen LogP contribution in [0.1, 0.15) is 0 Å². The molecule has 0 bridgehead atoms. The summed E-state index contributed by atoms with van der Waals surface area (Å²) >= 11 is 1.83. The number of benzene rings is 8. The normalized spacial score (nSPS) is 11.7. The number of para-hydroxylation sites is 1. The van der Waals surface area contributed by atoms with Crippen molar-refractivity contribution in [1.82, 2.24) is 15.0 Å². The van der Waals surface area contributed by atoms with Crippen LogP contribution in [0.4, 0.5) is 0 Å². The van der Waals surface area contributed by atoms with Gasteiger partial charge >= 0.3 is 0 Å². The van der Waals surface area contributed by atoms with Crippen molar-refractivity contribution in [2.45, 2.75) is 0 Å². The van der Waals surface area contributed by atoms with E-state index in [1.54, 1.807) is 0 Å². The van der Waals surface area contributed by atoms with Gasteiger partial charge in [0.25, 0.3) is 0 Å². The second-order valence-corrected chi connectivity index (χ2v) is 14.6. The van der Waals surface area contributed by atoms with E-state index in [1.165, 1.54) is 20.2 Å². The van der Waals surface area contributed by atoms with Crippen LogP contribution < -0.4 is 0 Å². The Balaban J connectivity index is 1.21. The highest BCUT2D eigenvalue weighted by Gasteiger charge is 2.23. The van der Waals surface area contributed by atoms with Crippen molar-refractivity contribution in [2.75, 3.05) is 0 Å². The second-order valence-electron chi connectivity index (χ2n) is 13.5. The third kappa shape index (κ3) is 4.94. The number of rotatable bonds is 5. The molecule has 4 nitrogen and oxygen atoms in total. The molecule has 0 aliphatic heterocycles. The Bertz CT molecular complexity index is 3160. The molecule has 0 atom stereocenters. The molecule has 3 heterocycles. The van der Waals surface area contributed by atoms with Crippen LogP contribution in [0.3, 0.4) is 0 Å². The lowest BCUT2D eigenvalue weighted by atomic mass is 9.92. The first kappa shape index (κ1) is 30.7. The Hall–Kier alpha value is -6.95. The zero-order chi connectivity index (χ0) is 35.6. The van der Waals surface area contributed by atoms with Crippen molar-refractivity contribution < 1.29 is 4.42 Å². The molecule has 0 radical (unpaired) electrons. The summed E-state index contributed by atoms with van der Waals surface area (Å²) in [6, 6.07) is 61.4. The zero-order valence-electron chi connectivity index (χ0n) is 28.9. The van der Waals surface area contributed by atoms with Gasteiger partial charge in [-0.15, -0.1) is 11.3 Å². The van der Waals surface area contributed by atoms with Gasteiger partial charge in [0.1, 0.15) is 11.2 Å². The number of aromatic nitrogens is 3. The molecule has 0 unspecified atom stereocenters. The fourth-order valence-corrected chi connectivity index (χ4v) is 8.90. The van der Waals surface area contributed by atoms with Crippen LogP contribution in [-0.2, 0) is 0 Å². The van der Waals surface area contributed by atoms with Crippen molar-refractivity contribution in [3.63, 3.8) is 0 Å². The monoisotopic (exact) mass is 707 g/mol. The number of hydrogen-bond acceptors (Lipinski definition) is 5. The number of thiophene rings is 1. The van der Waals surface area contributed by atoms with E-state index < -0.39 is 0 Å². The summed E-state index contributed by atoms with van der Waals surface area (Å²) in [6.45, 7) is 0. The van der Waals surface area contributed by atoms with Gasteiger partial charge < -0.3 is 4.42 Å². The molecule has 252 valence electrons. The predicted molar refractivity (Wildman–Crippen MR) is 225 cm³/mol. The maximum absolute atomic E-state index is 7.18. The molecule has 0 spiro atoms. The largest absolute Gasteiger partial charge is 0.455 e. The molecule has 11 rings (SSSR count). The van der Waals surface area contributed by atoms with Gasteiger partial charge in [0.2, 0.25) is 0 Å². The number of hydrogen-bond donors (Lipinski definition) is 0. The average Bonchev–Trinajstić information content (AvgIpc) is 3.82. The van der Waals surface area contributed by atoms with Crippen LogP contribution in [0.15, 0.2) is 180 Å². The Morgan fingerprint density at radius 1 is 0.352 bits per heavy atom. The minimum Gasteiger partial charge on any atom is -0.455 e. The molecule has 0 aliphatic rings. The Morgan fingerprint density at radius 3 is 1.74 bits per heavy atom. The molecule has 0 N–H and O–H groups in total. The molecule has 11 aromatic rings. The molecule has 3 aromatic heterocycles. The molecular formula is C49H29N3OS. The first-order chi connectivity index (χ1) is 26.8. The maximum atomic E-state index is 7.18. The van der Waals surface area contributed by atoms with E-state index in [0.717, 1.165) is 71.7 Å². The van der Waals surface area contributed by atoms with Crippen molar-refractivity contribution >= 4 is 64.2 Å². The van der Waals surface area contributed by atoms with E-state index >= 15 is 0 Å². The summed E-state index contributed by atoms with van der Waals surface area (Å²) < 4.78 is 9.75. The lowest BCUT2D eigenvalue weighted by Gasteiger charge is -2.14. The summed E-state index contributed by atoms with van der Waals surface area (Å²) in [7, 11) is 0. The van der Waals surface area contributed by atoms with E-state index in [0.29, 0.717) is 17.5 Å². The number of furan rings is 1. The lowest BCUT2D eigenvalue weighted by molar-refractivity contribution is 0.671. The fraction of sp³-hybridized carbons (Fsp3) is 0. The lowest BCUT2D eigenvalue weighted by Crippen LogP contribution is -2.01. The summed E-state index contributed by atoms with van der Waals surface area (Å²) in [5, 5.41) is 6.93. The predicted octanol–water partition coefficient (Wildman–Crippen LogP) is 13.6. The highest BCUT2D eigenvalue weighted by molar-refractivity contribution is 7.25. The molecule has 5 heteroatoms. The molecule has 0 saturated carbocycles. The standard InChI is InChI=1S/C49H29N3OS/c1-3-14-31(15-4-1)47-50-48(32-16-5-2-6-17-32)52-49(51-47)40-27-26-39-38-23-12-21-35(33-25-28-43-41(29-33)36-20-9-10-24-42(36)54-43)45(38)53-46(39)44(40)37-22-11-18-30-13-7-8-19-34(30)37/h1-29H. The molecule has 8 aromatic carbocycles. The Kier molecular flexibility index (Phi) is 7.00. The maximum Gasteiger partial charge on any atom is 0.164 e. The van der Waals surface area contributed by atoms with Crippen molar-refractivity contribution in [1.29, 1.82) is 0 Å². The average molecular weight is 708 g/mol. The molecule has 54 heavy (non-hydrogen) atoms. The molecule has 0 fully saturated rings. The van der Waals surface area contributed by atoms with Gasteiger partial charge in [0.05, 0.1) is 0 Å². The van der Waals surface area contributed by atoms with Crippen LogP contribution >= 0.6 is 11.3 Å². The van der Waals surface area contributed by atoms with Gasteiger partial charge in [-0.2, -0.15) is 0 Å². The first-order valence-electron chi connectivity index (χ1n) is 18.0. The molecule has 0 aliphatic carbocycles. The topological polar surface area (TPSA) is 51.8 Å². The van der Waals surface area contributed by atoms with Gasteiger partial charge in [-0.3, -0.25) is 0 Å². The van der Waals surface area contributed by atoms with E-state index in [-0.39, 0.29) is 0 Å². The SMILES string of the molecule is c1ccc(-c2nc(-c3ccccc3)nc(-c3ccc4c(oc5c(-c6ccc7sc8ccccc8c7c6)cccc54)c3-c3cccc4ccccc34)n2)cc1. The van der Waals surface area contributed by atoms with Gasteiger partial charge in [0, 0.05) is 58.8 Å². The van der Waals surface area contributed by atoms with Crippen LogP contribution in [-0.4, -0.2) is 15.0 Å². The van der Waals surface area contributed by atoms with Crippen molar-refractivity contribution in [2.24, 2.45) is 0 Å². The Labute approximate surface area is 314 Å². The minimum atomic E-state index is 0.586. The van der Waals surface area contributed by atoms with Gasteiger partial charge in [-0.05, 0) is 52.2 Å². The third-order valence-corrected chi connectivity index (χ3v) is 11.5. The van der Waals surface area contributed by atoms with Crippen LogP contribution in [0.5, 0.6) is 0 Å². The summed E-state index contributed by atoms with van der Waals surface area (Å²) in [5.41, 5.74) is 8.58. The quantitative estimate of drug-likeness (QED) is 0.179. The minimum absolute atomic E-state index is 0.586. The fourth-order valence-electron chi connectivity index (χ4n) is 7.81. The smallest absolute Gasteiger partial charge is 0.164 e. The molecule has 0 amide bonds. The van der Waals surface area contributed by atoms with Crippen LogP contribution in [0, 0.1) is 0 Å². The Morgan fingerprint density at radius 2 is 0.944 bits per heavy atom. The highest BCUT2D eigenvalue weighted by Crippen LogP contribution is 2.46. The number of fused-ring (bicyclic) bond motifs is 7. The zero-order valence-corrected chi connectivity index (χ0v) is 29.7. The third-order valence-electron chi connectivity index (χ3n) is 10.4.